The molecule has 0 amide bonds. The van der Waals surface area contributed by atoms with Crippen LogP contribution < -0.4 is 4.74 Å². The number of benzene rings is 1. The minimum absolute atomic E-state index is 0.0130. The third-order valence-electron chi connectivity index (χ3n) is 2.91. The number of hydrogen-bond acceptors (Lipinski definition) is 8. The van der Waals surface area contributed by atoms with E-state index in [0.29, 0.717) is 4.88 Å². The van der Waals surface area contributed by atoms with Gasteiger partial charge >= 0.3 is 5.97 Å². The lowest BCUT2D eigenvalue weighted by Gasteiger charge is -2.13. The van der Waals surface area contributed by atoms with Crippen LogP contribution in [0, 0.1) is 10.1 Å². The van der Waals surface area contributed by atoms with Gasteiger partial charge < -0.3 is 9.47 Å². The third kappa shape index (κ3) is 5.07. The van der Waals surface area contributed by atoms with Gasteiger partial charge in [0.25, 0.3) is 5.09 Å². The monoisotopic (exact) mass is 419 g/mol. The van der Waals surface area contributed by atoms with Gasteiger partial charge in [0, 0.05) is 5.56 Å². The maximum Gasteiger partial charge on any atom is 0.346 e. The lowest BCUT2D eigenvalue weighted by atomic mass is 10.1. The van der Waals surface area contributed by atoms with E-state index >= 15 is 0 Å². The van der Waals surface area contributed by atoms with Crippen molar-refractivity contribution in [1.82, 2.24) is 0 Å². The first kappa shape index (κ1) is 20.0. The fourth-order valence-electron chi connectivity index (χ4n) is 1.86. The van der Waals surface area contributed by atoms with Crippen LogP contribution in [0.2, 0.25) is 10.0 Å². The van der Waals surface area contributed by atoms with Gasteiger partial charge in [-0.1, -0.05) is 29.3 Å². The molecule has 2 aromatic rings. The molecule has 0 saturated heterocycles. The SMILES string of the molecule is CC(OC(=O)COc1ccc(C(=O)c2cccs2)c(Cl)c1Cl)O[N+](=O)[O-]. The molecule has 1 atom stereocenters. The molecule has 1 aromatic heterocycles. The molecule has 0 aliphatic rings. The first-order valence-electron chi connectivity index (χ1n) is 6.99. The van der Waals surface area contributed by atoms with Crippen LogP contribution >= 0.6 is 34.5 Å². The highest BCUT2D eigenvalue weighted by Crippen LogP contribution is 2.36. The van der Waals surface area contributed by atoms with Gasteiger partial charge in [-0.25, -0.2) is 4.79 Å². The molecule has 0 radical (unpaired) electrons. The summed E-state index contributed by atoms with van der Waals surface area (Å²) in [6.07, 6.45) is -1.38. The number of carbonyl (C=O) groups excluding carboxylic acids is 2. The van der Waals surface area contributed by atoms with Crippen molar-refractivity contribution in [2.24, 2.45) is 0 Å². The summed E-state index contributed by atoms with van der Waals surface area (Å²) in [5.74, 6) is -1.15. The molecule has 0 bridgehead atoms. The van der Waals surface area contributed by atoms with Gasteiger partial charge in [-0.2, -0.15) is 0 Å². The summed E-state index contributed by atoms with van der Waals surface area (Å²) < 4.78 is 9.79. The van der Waals surface area contributed by atoms with Crippen molar-refractivity contribution >= 4 is 46.3 Å². The van der Waals surface area contributed by atoms with Crippen LogP contribution in [0.25, 0.3) is 0 Å². The zero-order chi connectivity index (χ0) is 19.3. The highest BCUT2D eigenvalue weighted by atomic mass is 35.5. The molecule has 8 nitrogen and oxygen atoms in total. The quantitative estimate of drug-likeness (QED) is 0.211. The normalized spacial score (nSPS) is 11.5. The molecular formula is C15H11Cl2NO7S. The Hall–Kier alpha value is -2.36. The molecule has 0 aliphatic carbocycles. The maximum atomic E-state index is 12.4. The van der Waals surface area contributed by atoms with Gasteiger partial charge in [0.15, 0.2) is 6.61 Å². The molecule has 0 spiro atoms. The zero-order valence-corrected chi connectivity index (χ0v) is 15.5. The van der Waals surface area contributed by atoms with Crippen LogP contribution in [0.15, 0.2) is 29.6 Å². The van der Waals surface area contributed by atoms with Crippen molar-refractivity contribution in [2.75, 3.05) is 6.61 Å². The summed E-state index contributed by atoms with van der Waals surface area (Å²) in [7, 11) is 0. The lowest BCUT2D eigenvalue weighted by Crippen LogP contribution is -2.24. The smallest absolute Gasteiger partial charge is 0.346 e. The van der Waals surface area contributed by atoms with Crippen molar-refractivity contribution in [1.29, 1.82) is 0 Å². The van der Waals surface area contributed by atoms with Gasteiger partial charge in [0.2, 0.25) is 12.1 Å². The zero-order valence-electron chi connectivity index (χ0n) is 13.1. The summed E-state index contributed by atoms with van der Waals surface area (Å²) in [6.45, 7) is 0.592. The van der Waals surface area contributed by atoms with E-state index in [4.69, 9.17) is 27.9 Å². The first-order chi connectivity index (χ1) is 12.3. The number of ketones is 1. The Kier molecular flexibility index (Phi) is 6.78. The van der Waals surface area contributed by atoms with E-state index in [-0.39, 0.29) is 27.1 Å². The molecule has 2 rings (SSSR count). The number of hydrogen-bond donors (Lipinski definition) is 0. The van der Waals surface area contributed by atoms with Crippen LogP contribution in [0.4, 0.5) is 0 Å². The van der Waals surface area contributed by atoms with Crippen molar-refractivity contribution in [3.8, 4) is 5.75 Å². The summed E-state index contributed by atoms with van der Waals surface area (Å²) in [6, 6.07) is 6.21. The predicted octanol–water partition coefficient (Wildman–Crippen LogP) is 3.76. The average molecular weight is 420 g/mol. The Morgan fingerprint density at radius 3 is 2.62 bits per heavy atom. The Bertz CT molecular complexity index is 826. The second-order valence-electron chi connectivity index (χ2n) is 4.72. The lowest BCUT2D eigenvalue weighted by molar-refractivity contribution is -0.777. The van der Waals surface area contributed by atoms with Gasteiger partial charge in [-0.3, -0.25) is 9.63 Å². The Labute approximate surface area is 161 Å². The van der Waals surface area contributed by atoms with E-state index in [2.05, 4.69) is 9.57 Å². The van der Waals surface area contributed by atoms with E-state index in [1.807, 2.05) is 0 Å². The Morgan fingerprint density at radius 2 is 2.00 bits per heavy atom. The number of rotatable bonds is 8. The number of nitrogens with zero attached hydrogens (tertiary/aromatic N) is 1. The maximum absolute atomic E-state index is 12.4. The van der Waals surface area contributed by atoms with E-state index in [1.165, 1.54) is 30.4 Å². The van der Waals surface area contributed by atoms with Gasteiger partial charge in [0.1, 0.15) is 10.8 Å². The second-order valence-corrected chi connectivity index (χ2v) is 6.42. The predicted molar refractivity (Wildman–Crippen MR) is 93.3 cm³/mol. The van der Waals surface area contributed by atoms with Gasteiger partial charge in [-0.05, 0) is 30.5 Å². The fourth-order valence-corrected chi connectivity index (χ4v) is 3.00. The number of ether oxygens (including phenoxy) is 2. The minimum Gasteiger partial charge on any atom is -0.480 e. The molecule has 138 valence electrons. The third-order valence-corrected chi connectivity index (χ3v) is 4.65. The van der Waals surface area contributed by atoms with Crippen molar-refractivity contribution < 1.29 is 29.0 Å². The molecule has 11 heteroatoms. The molecule has 0 N–H and O–H groups in total. The number of esters is 1. The van der Waals surface area contributed by atoms with E-state index < -0.39 is 24.0 Å². The van der Waals surface area contributed by atoms with Crippen LogP contribution in [0.1, 0.15) is 22.2 Å². The van der Waals surface area contributed by atoms with E-state index in [0.717, 1.165) is 0 Å². The number of thiophene rings is 1. The molecule has 1 heterocycles. The molecular weight excluding hydrogens is 409 g/mol. The summed E-state index contributed by atoms with van der Waals surface area (Å²) >= 11 is 13.5. The topological polar surface area (TPSA) is 105 Å². The summed E-state index contributed by atoms with van der Waals surface area (Å²) in [5, 5.41) is 10.7. The van der Waals surface area contributed by atoms with Crippen LogP contribution in [0.5, 0.6) is 5.75 Å². The second kappa shape index (κ2) is 8.84. The van der Waals surface area contributed by atoms with Crippen molar-refractivity contribution in [3.63, 3.8) is 0 Å². The van der Waals surface area contributed by atoms with Gasteiger partial charge in [-0.15, -0.1) is 21.5 Å². The highest BCUT2D eigenvalue weighted by molar-refractivity contribution is 7.12. The average Bonchev–Trinajstić information content (AvgIpc) is 3.09. The number of carbonyl (C=O) groups is 2. The first-order valence-corrected chi connectivity index (χ1v) is 8.62. The van der Waals surface area contributed by atoms with E-state index in [1.54, 1.807) is 17.5 Å². The van der Waals surface area contributed by atoms with Crippen LogP contribution in [-0.2, 0) is 14.4 Å². The summed E-state index contributed by atoms with van der Waals surface area (Å²) in [5.41, 5.74) is 0.196. The van der Waals surface area contributed by atoms with Gasteiger partial charge in [0.05, 0.1) is 9.90 Å². The largest absolute Gasteiger partial charge is 0.480 e. The Morgan fingerprint density at radius 1 is 1.27 bits per heavy atom. The van der Waals surface area contributed by atoms with E-state index in [9.17, 15) is 19.7 Å². The van der Waals surface area contributed by atoms with Crippen molar-refractivity contribution in [2.45, 2.75) is 13.2 Å². The minimum atomic E-state index is -1.38. The molecule has 1 unspecified atom stereocenters. The molecule has 26 heavy (non-hydrogen) atoms. The molecule has 0 saturated carbocycles. The Balaban J connectivity index is 2.03. The molecule has 0 aliphatic heterocycles. The van der Waals surface area contributed by atoms with Crippen LogP contribution in [0.3, 0.4) is 0 Å². The highest BCUT2D eigenvalue weighted by Gasteiger charge is 2.20. The molecule has 0 fully saturated rings. The number of halogens is 2. The fraction of sp³-hybridized carbons (Fsp3) is 0.200. The summed E-state index contributed by atoms with van der Waals surface area (Å²) in [4.78, 5) is 38.6. The molecule has 1 aromatic carbocycles. The van der Waals surface area contributed by atoms with Crippen LogP contribution in [-0.4, -0.2) is 29.7 Å². The standard InChI is InChI=1S/C15H11Cl2NO7S/c1-8(25-18(21)22)24-12(19)7-23-10-5-4-9(13(16)14(10)17)15(20)11-3-2-6-26-11/h2-6,8H,7H2,1H3. The van der Waals surface area contributed by atoms with Crippen molar-refractivity contribution in [3.05, 3.63) is 60.2 Å².